The van der Waals surface area contributed by atoms with Crippen LogP contribution in [-0.2, 0) is 24.1 Å². The van der Waals surface area contributed by atoms with Gasteiger partial charge in [-0.1, -0.05) is 15.8 Å². The number of hydrogen-bond acceptors (Lipinski definition) is 12. The maximum atomic E-state index is 13.1. The molecule has 192 valence electrons. The SMILES string of the molecule is C#CCN[n+]1ccc(SCC2=C(C(=O)ONC(=O)/C(=N\OC)c3csc(N)n3)N3C(=O)C[C@@H]3SC2)cc1. The summed E-state index contributed by atoms with van der Waals surface area (Å²) in [6.07, 6.45) is 9.26. The lowest BCUT2D eigenvalue weighted by Gasteiger charge is -2.44. The monoisotopic (exact) mass is 560 g/mol. The van der Waals surface area contributed by atoms with Gasteiger partial charge in [-0.3, -0.25) is 14.5 Å². The molecule has 0 radical (unpaired) electrons. The number of amides is 2. The van der Waals surface area contributed by atoms with Crippen molar-refractivity contribution in [2.75, 3.05) is 36.3 Å². The number of nitrogen functional groups attached to an aromatic ring is 1. The molecule has 1 saturated heterocycles. The first-order valence-electron chi connectivity index (χ1n) is 10.7. The van der Waals surface area contributed by atoms with Crippen LogP contribution in [0.3, 0.4) is 0 Å². The van der Waals surface area contributed by atoms with E-state index in [1.165, 1.54) is 29.2 Å². The molecule has 2 aliphatic heterocycles. The molecular formula is C22H22N7O5S3+. The van der Waals surface area contributed by atoms with Crippen molar-refractivity contribution in [2.24, 2.45) is 5.16 Å². The zero-order chi connectivity index (χ0) is 26.4. The number of thiazole rings is 1. The maximum Gasteiger partial charge on any atom is 0.379 e. The molecule has 4 heterocycles. The second kappa shape index (κ2) is 12.0. The zero-order valence-corrected chi connectivity index (χ0v) is 22.0. The Bertz CT molecular complexity index is 1300. The molecule has 0 unspecified atom stereocenters. The third-order valence-electron chi connectivity index (χ3n) is 5.10. The van der Waals surface area contributed by atoms with Crippen molar-refractivity contribution in [2.45, 2.75) is 16.7 Å². The van der Waals surface area contributed by atoms with Gasteiger partial charge < -0.3 is 15.4 Å². The third kappa shape index (κ3) is 6.16. The highest BCUT2D eigenvalue weighted by Gasteiger charge is 2.46. The van der Waals surface area contributed by atoms with Crippen LogP contribution in [0.25, 0.3) is 0 Å². The molecule has 0 saturated carbocycles. The number of nitrogens with one attached hydrogen (secondary N) is 2. The third-order valence-corrected chi connectivity index (χ3v) is 8.15. The summed E-state index contributed by atoms with van der Waals surface area (Å²) in [4.78, 5) is 54.3. The van der Waals surface area contributed by atoms with E-state index in [1.54, 1.807) is 16.4 Å². The van der Waals surface area contributed by atoms with Gasteiger partial charge in [0.2, 0.25) is 18.3 Å². The second-order valence-corrected chi connectivity index (χ2v) is 10.6. The first-order chi connectivity index (χ1) is 17.9. The predicted molar refractivity (Wildman–Crippen MR) is 139 cm³/mol. The summed E-state index contributed by atoms with van der Waals surface area (Å²) in [5.41, 5.74) is 11.5. The molecule has 1 atom stereocenters. The lowest BCUT2D eigenvalue weighted by Crippen LogP contribution is -2.54. The van der Waals surface area contributed by atoms with Crippen LogP contribution in [0.4, 0.5) is 5.13 Å². The zero-order valence-electron chi connectivity index (χ0n) is 19.5. The van der Waals surface area contributed by atoms with Gasteiger partial charge in [0, 0.05) is 33.9 Å². The van der Waals surface area contributed by atoms with Gasteiger partial charge in [-0.2, -0.15) is 10.9 Å². The number of aromatic nitrogens is 2. The van der Waals surface area contributed by atoms with Gasteiger partial charge in [0.15, 0.2) is 10.8 Å². The number of fused-ring (bicyclic) bond motifs is 1. The molecule has 0 aromatic carbocycles. The van der Waals surface area contributed by atoms with E-state index in [9.17, 15) is 14.4 Å². The van der Waals surface area contributed by atoms with E-state index < -0.39 is 11.9 Å². The van der Waals surface area contributed by atoms with E-state index in [0.717, 1.165) is 21.8 Å². The van der Waals surface area contributed by atoms with Crippen LogP contribution in [0, 0.1) is 12.3 Å². The number of carbonyl (C=O) groups is 3. The first-order valence-corrected chi connectivity index (χ1v) is 13.6. The molecular weight excluding hydrogens is 538 g/mol. The van der Waals surface area contributed by atoms with E-state index >= 15 is 0 Å². The van der Waals surface area contributed by atoms with Crippen LogP contribution >= 0.6 is 34.9 Å². The van der Waals surface area contributed by atoms with E-state index in [-0.39, 0.29) is 33.5 Å². The summed E-state index contributed by atoms with van der Waals surface area (Å²) in [7, 11) is 1.26. The fraction of sp³-hybridized carbons (Fsp3) is 0.273. The molecule has 15 heteroatoms. The number of carbonyl (C=O) groups excluding carboxylic acids is 3. The minimum atomic E-state index is -0.857. The molecule has 2 aliphatic rings. The minimum Gasteiger partial charge on any atom is -0.398 e. The molecule has 2 aromatic rings. The summed E-state index contributed by atoms with van der Waals surface area (Å²) >= 11 is 4.20. The van der Waals surface area contributed by atoms with Crippen LogP contribution < -0.4 is 21.3 Å². The van der Waals surface area contributed by atoms with Gasteiger partial charge >= 0.3 is 11.9 Å². The average Bonchev–Trinajstić information content (AvgIpc) is 3.33. The smallest absolute Gasteiger partial charge is 0.379 e. The van der Waals surface area contributed by atoms with Gasteiger partial charge in [0.1, 0.15) is 25.0 Å². The van der Waals surface area contributed by atoms with Gasteiger partial charge in [-0.05, 0) is 5.57 Å². The van der Waals surface area contributed by atoms with E-state index in [1.807, 2.05) is 24.5 Å². The first kappa shape index (κ1) is 26.3. The molecule has 0 bridgehead atoms. The highest BCUT2D eigenvalue weighted by Crippen LogP contribution is 2.41. The average molecular weight is 561 g/mol. The lowest BCUT2D eigenvalue weighted by atomic mass is 10.1. The quantitative estimate of drug-likeness (QED) is 0.0985. The van der Waals surface area contributed by atoms with Crippen molar-refractivity contribution in [3.05, 3.63) is 46.9 Å². The summed E-state index contributed by atoms with van der Waals surface area (Å²) in [6, 6.07) is 3.81. The number of oxime groups is 1. The summed E-state index contributed by atoms with van der Waals surface area (Å²) < 4.78 is 1.75. The highest BCUT2D eigenvalue weighted by molar-refractivity contribution is 8.01. The molecule has 1 fully saturated rings. The Hall–Kier alpha value is -3.74. The second-order valence-electron chi connectivity index (χ2n) is 7.47. The Morgan fingerprint density at radius 1 is 1.43 bits per heavy atom. The number of nitrogens with zero attached hydrogens (tertiary/aromatic N) is 4. The van der Waals surface area contributed by atoms with Gasteiger partial charge in [-0.25, -0.2) is 9.78 Å². The molecule has 37 heavy (non-hydrogen) atoms. The highest BCUT2D eigenvalue weighted by atomic mass is 32.2. The number of hydrogen-bond donors (Lipinski definition) is 3. The molecule has 12 nitrogen and oxygen atoms in total. The Balaban J connectivity index is 1.46. The molecule has 0 spiro atoms. The molecule has 2 aromatic heterocycles. The summed E-state index contributed by atoms with van der Waals surface area (Å²) in [6.45, 7) is 0.394. The van der Waals surface area contributed by atoms with Gasteiger partial charge in [0.25, 0.3) is 0 Å². The van der Waals surface area contributed by atoms with Crippen molar-refractivity contribution >= 4 is 63.5 Å². The number of rotatable bonds is 9. The van der Waals surface area contributed by atoms with Crippen molar-refractivity contribution in [3.8, 4) is 12.3 Å². The van der Waals surface area contributed by atoms with Crippen LogP contribution in [0.5, 0.6) is 0 Å². The molecule has 4 N–H and O–H groups in total. The number of β-lactam (4-membered cyclic amide) rings is 1. The number of nitrogens with two attached hydrogens (primary N) is 1. The van der Waals surface area contributed by atoms with Gasteiger partial charge in [-0.15, -0.1) is 41.3 Å². The molecule has 4 rings (SSSR count). The fourth-order valence-electron chi connectivity index (χ4n) is 3.38. The number of thioether (sulfide) groups is 2. The van der Waals surface area contributed by atoms with E-state index in [4.69, 9.17) is 21.8 Å². The van der Waals surface area contributed by atoms with E-state index in [0.29, 0.717) is 24.5 Å². The summed E-state index contributed by atoms with van der Waals surface area (Å²) in [5.74, 6) is 1.61. The minimum absolute atomic E-state index is 0.137. The summed E-state index contributed by atoms with van der Waals surface area (Å²) in [5, 5.41) is 5.26. The number of hydroxylamine groups is 1. The predicted octanol–water partition coefficient (Wildman–Crippen LogP) is 0.466. The van der Waals surface area contributed by atoms with Crippen LogP contribution in [0.1, 0.15) is 12.1 Å². The molecule has 2 amide bonds. The number of anilines is 1. The van der Waals surface area contributed by atoms with Gasteiger partial charge in [0.05, 0.1) is 11.8 Å². The Kier molecular flexibility index (Phi) is 8.54. The van der Waals surface area contributed by atoms with Crippen LogP contribution in [-0.4, -0.2) is 63.9 Å². The normalized spacial score (nSPS) is 16.9. The number of pyridine rings is 1. The topological polar surface area (TPSA) is 152 Å². The van der Waals surface area contributed by atoms with Crippen LogP contribution in [0.15, 0.2) is 51.2 Å². The van der Waals surface area contributed by atoms with E-state index in [2.05, 4.69) is 27.0 Å². The lowest BCUT2D eigenvalue weighted by molar-refractivity contribution is -0.649. The standard InChI is InChI=1S/C22H21N7O5S3/c1-3-6-24-28-7-4-14(5-8-28)35-10-13-11-36-17-9-16(30)29(17)19(13)21(32)34-27-20(31)18(26-33-2)15-12-37-22(23)25-15/h1,4-5,7-8,12,17,24H,6,9-11H2,2H3,(H2-,23,25,27,31)/p+1/b26-18-/t17-/m0/s1. The van der Waals surface area contributed by atoms with Crippen molar-refractivity contribution < 1.29 is 28.7 Å². The van der Waals surface area contributed by atoms with Crippen LogP contribution in [0.2, 0.25) is 0 Å². The van der Waals surface area contributed by atoms with Crippen molar-refractivity contribution in [1.29, 1.82) is 0 Å². The largest absolute Gasteiger partial charge is 0.398 e. The number of terminal acetylenes is 1. The van der Waals surface area contributed by atoms with Crippen molar-refractivity contribution in [1.82, 2.24) is 15.4 Å². The Labute approximate surface area is 224 Å². The Morgan fingerprint density at radius 2 is 2.22 bits per heavy atom. The van der Waals surface area contributed by atoms with Crippen molar-refractivity contribution in [3.63, 3.8) is 0 Å². The maximum absolute atomic E-state index is 13.1. The fourth-order valence-corrected chi connectivity index (χ4v) is 6.22. The molecule has 0 aliphatic carbocycles. The Morgan fingerprint density at radius 3 is 2.86 bits per heavy atom.